The second kappa shape index (κ2) is 9.28. The van der Waals surface area contributed by atoms with E-state index in [1.807, 2.05) is 29.6 Å². The van der Waals surface area contributed by atoms with Crippen LogP contribution in [-0.4, -0.2) is 54.6 Å². The van der Waals surface area contributed by atoms with Crippen LogP contribution in [0, 0.1) is 19.8 Å². The average Bonchev–Trinajstić information content (AvgIpc) is 3.37. The molecule has 176 valence electrons. The van der Waals surface area contributed by atoms with Crippen molar-refractivity contribution in [2.45, 2.75) is 26.7 Å². The van der Waals surface area contributed by atoms with Crippen molar-refractivity contribution in [3.8, 4) is 22.7 Å². The average molecular weight is 489 g/mol. The van der Waals surface area contributed by atoms with E-state index in [0.29, 0.717) is 31.1 Å². The molecule has 10 heteroatoms. The minimum absolute atomic E-state index is 0.104. The number of hydrogen-bond acceptors (Lipinski definition) is 6. The molecule has 8 nitrogen and oxygen atoms in total. The van der Waals surface area contributed by atoms with E-state index in [4.69, 9.17) is 4.74 Å². The first-order valence-electron chi connectivity index (χ1n) is 10.7. The molecule has 0 radical (unpaired) electrons. The van der Waals surface area contributed by atoms with Gasteiger partial charge in [-0.25, -0.2) is 17.7 Å². The van der Waals surface area contributed by atoms with Gasteiger partial charge in [-0.3, -0.25) is 4.79 Å². The summed E-state index contributed by atoms with van der Waals surface area (Å²) in [7, 11) is -1.56. The van der Waals surface area contributed by atoms with Crippen molar-refractivity contribution >= 4 is 32.4 Å². The van der Waals surface area contributed by atoms with E-state index in [2.05, 4.69) is 34.8 Å². The van der Waals surface area contributed by atoms with E-state index < -0.39 is 10.0 Å². The molecule has 33 heavy (non-hydrogen) atoms. The summed E-state index contributed by atoms with van der Waals surface area (Å²) < 4.78 is 32.2. The molecule has 0 aliphatic carbocycles. The third-order valence-corrected chi connectivity index (χ3v) is 8.13. The lowest BCUT2D eigenvalue weighted by molar-refractivity contribution is -0.120. The summed E-state index contributed by atoms with van der Waals surface area (Å²) in [6.45, 7) is 4.85. The number of sulfonamides is 1. The number of carbonyl (C=O) groups is 1. The van der Waals surface area contributed by atoms with E-state index >= 15 is 0 Å². The molecule has 3 heterocycles. The molecule has 2 aromatic heterocycles. The largest absolute Gasteiger partial charge is 0.497 e. The minimum atomic E-state index is -3.21. The SMILES string of the molecule is COc1ccc(-n2c(C)cc(-c3csc(NC(=O)C4CCN(S(C)(=O)=O)CC4)n3)c2C)cc1. The maximum Gasteiger partial charge on any atom is 0.229 e. The Labute approximate surface area is 198 Å². The third-order valence-electron chi connectivity index (χ3n) is 6.07. The zero-order valence-electron chi connectivity index (χ0n) is 19.2. The number of ether oxygens (including phenoxy) is 1. The highest BCUT2D eigenvalue weighted by molar-refractivity contribution is 7.88. The van der Waals surface area contributed by atoms with E-state index in [0.717, 1.165) is 34.1 Å². The fourth-order valence-electron chi connectivity index (χ4n) is 4.26. The Kier molecular flexibility index (Phi) is 6.60. The number of amides is 1. The van der Waals surface area contributed by atoms with Gasteiger partial charge in [-0.2, -0.15) is 0 Å². The Morgan fingerprint density at radius 2 is 1.85 bits per heavy atom. The fraction of sp³-hybridized carbons (Fsp3) is 0.391. The maximum absolute atomic E-state index is 12.7. The number of nitrogens with zero attached hydrogens (tertiary/aromatic N) is 3. The van der Waals surface area contributed by atoms with Crippen LogP contribution in [0.25, 0.3) is 16.9 Å². The summed E-state index contributed by atoms with van der Waals surface area (Å²) >= 11 is 1.39. The molecule has 3 aromatic rings. The highest BCUT2D eigenvalue weighted by atomic mass is 32.2. The minimum Gasteiger partial charge on any atom is -0.497 e. The lowest BCUT2D eigenvalue weighted by Crippen LogP contribution is -2.40. The summed E-state index contributed by atoms with van der Waals surface area (Å²) in [5.74, 6) is 0.492. The first-order valence-corrected chi connectivity index (χ1v) is 13.5. The number of rotatable bonds is 6. The quantitative estimate of drug-likeness (QED) is 0.569. The number of benzene rings is 1. The first-order chi connectivity index (χ1) is 15.7. The van der Waals surface area contributed by atoms with E-state index in [1.54, 1.807) is 7.11 Å². The van der Waals surface area contributed by atoms with Crippen molar-refractivity contribution < 1.29 is 17.9 Å². The lowest BCUT2D eigenvalue weighted by atomic mass is 9.97. The van der Waals surface area contributed by atoms with Crippen molar-refractivity contribution in [3.05, 3.63) is 47.1 Å². The molecule has 0 atom stereocenters. The summed E-state index contributed by atoms with van der Waals surface area (Å²) in [6.07, 6.45) is 2.23. The van der Waals surface area contributed by atoms with E-state index in [9.17, 15) is 13.2 Å². The number of thiazole rings is 1. The van der Waals surface area contributed by atoms with Gasteiger partial charge in [0.15, 0.2) is 5.13 Å². The number of piperidine rings is 1. The molecule has 1 saturated heterocycles. The Balaban J connectivity index is 1.47. The van der Waals surface area contributed by atoms with Crippen LogP contribution in [0.2, 0.25) is 0 Å². The van der Waals surface area contributed by atoms with Crippen molar-refractivity contribution in [2.24, 2.45) is 5.92 Å². The summed E-state index contributed by atoms with van der Waals surface area (Å²) in [5, 5.41) is 5.42. The van der Waals surface area contributed by atoms with Crippen LogP contribution in [0.1, 0.15) is 24.2 Å². The molecular weight excluding hydrogens is 460 g/mol. The van der Waals surface area contributed by atoms with Gasteiger partial charge in [0.1, 0.15) is 5.75 Å². The molecule has 1 aromatic carbocycles. The number of carbonyl (C=O) groups excluding carboxylic acids is 1. The number of aryl methyl sites for hydroxylation is 1. The first kappa shape index (κ1) is 23.5. The molecule has 1 N–H and O–H groups in total. The zero-order chi connectivity index (χ0) is 23.8. The standard InChI is InChI=1S/C23H28N4O4S2/c1-15-13-20(16(2)27(15)18-5-7-19(31-3)8-6-18)21-14-32-23(24-21)25-22(28)17-9-11-26(12-10-17)33(4,29)30/h5-8,13-14,17H,9-12H2,1-4H3,(H,24,25,28). The molecule has 0 saturated carbocycles. The van der Waals surface area contributed by atoms with Crippen molar-refractivity contribution in [1.82, 2.24) is 13.9 Å². The third kappa shape index (κ3) is 4.97. The number of aromatic nitrogens is 2. The van der Waals surface area contributed by atoms with Crippen LogP contribution in [0.3, 0.4) is 0 Å². The number of hydrogen-bond donors (Lipinski definition) is 1. The monoisotopic (exact) mass is 488 g/mol. The predicted octanol–water partition coefficient (Wildman–Crippen LogP) is 3.84. The molecular formula is C23H28N4O4S2. The van der Waals surface area contributed by atoms with Gasteiger partial charge in [0.2, 0.25) is 15.9 Å². The Morgan fingerprint density at radius 3 is 2.45 bits per heavy atom. The van der Waals surface area contributed by atoms with E-state index in [-0.39, 0.29) is 11.8 Å². The zero-order valence-corrected chi connectivity index (χ0v) is 20.8. The van der Waals surface area contributed by atoms with Gasteiger partial charge in [0, 0.05) is 47.0 Å². The van der Waals surface area contributed by atoms with Crippen LogP contribution in [0.15, 0.2) is 35.7 Å². The Morgan fingerprint density at radius 1 is 1.18 bits per heavy atom. The van der Waals surface area contributed by atoms with Crippen LogP contribution in [-0.2, 0) is 14.8 Å². The van der Waals surface area contributed by atoms with Crippen LogP contribution < -0.4 is 10.1 Å². The van der Waals surface area contributed by atoms with Gasteiger partial charge < -0.3 is 14.6 Å². The molecule has 1 fully saturated rings. The maximum atomic E-state index is 12.7. The van der Waals surface area contributed by atoms with Crippen LogP contribution in [0.5, 0.6) is 5.75 Å². The van der Waals surface area contributed by atoms with Gasteiger partial charge in [-0.1, -0.05) is 0 Å². The van der Waals surface area contributed by atoms with Gasteiger partial charge in [0.05, 0.1) is 19.1 Å². The molecule has 0 bridgehead atoms. The van der Waals surface area contributed by atoms with Gasteiger partial charge in [-0.15, -0.1) is 11.3 Å². The van der Waals surface area contributed by atoms with Crippen molar-refractivity contribution in [3.63, 3.8) is 0 Å². The summed E-state index contributed by atoms with van der Waals surface area (Å²) in [5.41, 5.74) is 5.02. The lowest BCUT2D eigenvalue weighted by Gasteiger charge is -2.29. The second-order valence-corrected chi connectivity index (χ2v) is 11.1. The van der Waals surface area contributed by atoms with Crippen molar-refractivity contribution in [1.29, 1.82) is 0 Å². The van der Waals surface area contributed by atoms with Crippen LogP contribution in [0.4, 0.5) is 5.13 Å². The van der Waals surface area contributed by atoms with E-state index in [1.165, 1.54) is 21.9 Å². The second-order valence-electron chi connectivity index (χ2n) is 8.28. The summed E-state index contributed by atoms with van der Waals surface area (Å²) in [6, 6.07) is 10.0. The predicted molar refractivity (Wildman–Crippen MR) is 131 cm³/mol. The molecule has 4 rings (SSSR count). The van der Waals surface area contributed by atoms with Gasteiger partial charge in [-0.05, 0) is 57.0 Å². The number of nitrogens with one attached hydrogen (secondary N) is 1. The summed E-state index contributed by atoms with van der Waals surface area (Å²) in [4.78, 5) is 17.4. The Bertz CT molecular complexity index is 1250. The highest BCUT2D eigenvalue weighted by Crippen LogP contribution is 2.32. The molecule has 1 aliphatic heterocycles. The van der Waals surface area contributed by atoms with Gasteiger partial charge >= 0.3 is 0 Å². The molecule has 0 unspecified atom stereocenters. The van der Waals surface area contributed by atoms with Crippen molar-refractivity contribution in [2.75, 3.05) is 31.8 Å². The Hall–Kier alpha value is -2.69. The van der Waals surface area contributed by atoms with Crippen LogP contribution >= 0.6 is 11.3 Å². The fourth-order valence-corrected chi connectivity index (χ4v) is 5.85. The molecule has 0 spiro atoms. The molecule has 1 amide bonds. The normalized spacial score (nSPS) is 15.5. The topological polar surface area (TPSA) is 93.5 Å². The molecule has 1 aliphatic rings. The number of anilines is 1. The van der Waals surface area contributed by atoms with Gasteiger partial charge in [0.25, 0.3) is 0 Å². The number of methoxy groups -OCH3 is 1. The highest BCUT2D eigenvalue weighted by Gasteiger charge is 2.29. The smallest absolute Gasteiger partial charge is 0.229 e.